The maximum atomic E-state index is 5.33. The number of hydrogen-bond donors (Lipinski definition) is 1. The van der Waals surface area contributed by atoms with Gasteiger partial charge in [0.05, 0.1) is 18.2 Å². The highest BCUT2D eigenvalue weighted by molar-refractivity contribution is 7.80. The van der Waals surface area contributed by atoms with Crippen LogP contribution in [-0.2, 0) is 11.3 Å². The molecule has 3 heteroatoms. The molecule has 0 fully saturated rings. The SMILES string of the molecule is CC(C)c1ccc(COCC(N)=S)cc1. The Morgan fingerprint density at radius 3 is 2.40 bits per heavy atom. The van der Waals surface area contributed by atoms with Crippen molar-refractivity contribution in [2.75, 3.05) is 6.61 Å². The minimum absolute atomic E-state index is 0.348. The zero-order valence-corrected chi connectivity index (χ0v) is 10.0. The molecule has 1 aromatic rings. The molecule has 0 saturated heterocycles. The monoisotopic (exact) mass is 223 g/mol. The number of benzene rings is 1. The average molecular weight is 223 g/mol. The Balaban J connectivity index is 2.46. The van der Waals surface area contributed by atoms with E-state index in [1.54, 1.807) is 0 Å². The highest BCUT2D eigenvalue weighted by Gasteiger charge is 1.99. The molecular formula is C12H17NOS. The molecule has 0 aliphatic heterocycles. The molecule has 15 heavy (non-hydrogen) atoms. The van der Waals surface area contributed by atoms with Crippen LogP contribution in [0.1, 0.15) is 30.9 Å². The molecule has 0 saturated carbocycles. The van der Waals surface area contributed by atoms with Gasteiger partial charge in [0.15, 0.2) is 0 Å². The zero-order valence-electron chi connectivity index (χ0n) is 9.19. The van der Waals surface area contributed by atoms with Crippen molar-refractivity contribution in [1.82, 2.24) is 0 Å². The minimum Gasteiger partial charge on any atom is -0.391 e. The molecule has 2 nitrogen and oxygen atoms in total. The van der Waals surface area contributed by atoms with E-state index in [9.17, 15) is 0 Å². The largest absolute Gasteiger partial charge is 0.391 e. The van der Waals surface area contributed by atoms with E-state index in [1.807, 2.05) is 0 Å². The Morgan fingerprint density at radius 2 is 1.93 bits per heavy atom. The highest BCUT2D eigenvalue weighted by atomic mass is 32.1. The fraction of sp³-hybridized carbons (Fsp3) is 0.417. The molecular weight excluding hydrogens is 206 g/mol. The molecule has 0 radical (unpaired) electrons. The van der Waals surface area contributed by atoms with Crippen molar-refractivity contribution < 1.29 is 4.74 Å². The van der Waals surface area contributed by atoms with E-state index >= 15 is 0 Å². The summed E-state index contributed by atoms with van der Waals surface area (Å²) in [5.41, 5.74) is 7.82. The second-order valence-electron chi connectivity index (χ2n) is 3.86. The van der Waals surface area contributed by atoms with Crippen molar-refractivity contribution in [3.63, 3.8) is 0 Å². The van der Waals surface area contributed by atoms with Gasteiger partial charge in [0.1, 0.15) is 0 Å². The van der Waals surface area contributed by atoms with E-state index in [1.165, 1.54) is 5.56 Å². The summed E-state index contributed by atoms with van der Waals surface area (Å²) in [6.45, 7) is 5.27. The summed E-state index contributed by atoms with van der Waals surface area (Å²) in [6, 6.07) is 8.41. The Bertz CT molecular complexity index is 319. The molecule has 0 atom stereocenters. The van der Waals surface area contributed by atoms with Crippen LogP contribution >= 0.6 is 12.2 Å². The summed E-state index contributed by atoms with van der Waals surface area (Å²) in [4.78, 5) is 0.397. The van der Waals surface area contributed by atoms with Gasteiger partial charge in [-0.05, 0) is 17.0 Å². The third-order valence-electron chi connectivity index (χ3n) is 2.16. The van der Waals surface area contributed by atoms with Gasteiger partial charge in [0.25, 0.3) is 0 Å². The molecule has 0 unspecified atom stereocenters. The van der Waals surface area contributed by atoms with Crippen LogP contribution in [0.3, 0.4) is 0 Å². The van der Waals surface area contributed by atoms with Crippen molar-refractivity contribution in [1.29, 1.82) is 0 Å². The number of nitrogens with two attached hydrogens (primary N) is 1. The molecule has 2 N–H and O–H groups in total. The Labute approximate surface area is 96.4 Å². The fourth-order valence-electron chi connectivity index (χ4n) is 1.27. The molecule has 0 bridgehead atoms. The van der Waals surface area contributed by atoms with Crippen molar-refractivity contribution in [3.05, 3.63) is 35.4 Å². The van der Waals surface area contributed by atoms with Crippen LogP contribution in [0, 0.1) is 0 Å². The van der Waals surface area contributed by atoms with Crippen molar-refractivity contribution in [2.45, 2.75) is 26.4 Å². The third-order valence-corrected chi connectivity index (χ3v) is 2.28. The Morgan fingerprint density at radius 1 is 1.33 bits per heavy atom. The second kappa shape index (κ2) is 5.83. The fourth-order valence-corrected chi connectivity index (χ4v) is 1.35. The molecule has 0 aliphatic rings. The smallest absolute Gasteiger partial charge is 0.0989 e. The molecule has 0 aliphatic carbocycles. The van der Waals surface area contributed by atoms with Crippen LogP contribution in [0.4, 0.5) is 0 Å². The van der Waals surface area contributed by atoms with Gasteiger partial charge in [-0.15, -0.1) is 0 Å². The van der Waals surface area contributed by atoms with Crippen LogP contribution in [-0.4, -0.2) is 11.6 Å². The van der Waals surface area contributed by atoms with Crippen molar-refractivity contribution in [2.24, 2.45) is 5.73 Å². The molecule has 0 amide bonds. The highest BCUT2D eigenvalue weighted by Crippen LogP contribution is 2.14. The molecule has 0 aromatic heterocycles. The zero-order chi connectivity index (χ0) is 11.3. The van der Waals surface area contributed by atoms with Gasteiger partial charge in [-0.3, -0.25) is 0 Å². The van der Waals surface area contributed by atoms with E-state index in [-0.39, 0.29) is 0 Å². The van der Waals surface area contributed by atoms with E-state index in [4.69, 9.17) is 22.7 Å². The van der Waals surface area contributed by atoms with Crippen molar-refractivity contribution in [3.8, 4) is 0 Å². The van der Waals surface area contributed by atoms with Gasteiger partial charge < -0.3 is 10.5 Å². The molecule has 1 rings (SSSR count). The lowest BCUT2D eigenvalue weighted by Gasteiger charge is -2.07. The first kappa shape index (κ1) is 12.1. The predicted octanol–water partition coefficient (Wildman–Crippen LogP) is 2.61. The minimum atomic E-state index is 0.348. The quantitative estimate of drug-likeness (QED) is 0.779. The van der Waals surface area contributed by atoms with E-state index in [0.29, 0.717) is 24.1 Å². The molecule has 0 heterocycles. The predicted molar refractivity (Wildman–Crippen MR) is 67.0 cm³/mol. The maximum absolute atomic E-state index is 5.33. The second-order valence-corrected chi connectivity index (χ2v) is 4.38. The number of thiocarbonyl (C=S) groups is 1. The summed E-state index contributed by atoms with van der Waals surface area (Å²) in [5, 5.41) is 0. The van der Waals surface area contributed by atoms with Gasteiger partial charge in [0, 0.05) is 0 Å². The van der Waals surface area contributed by atoms with Gasteiger partial charge in [0.2, 0.25) is 0 Å². The lowest BCUT2D eigenvalue weighted by Crippen LogP contribution is -2.15. The normalized spacial score (nSPS) is 10.6. The van der Waals surface area contributed by atoms with E-state index in [0.717, 1.165) is 5.56 Å². The first-order valence-electron chi connectivity index (χ1n) is 5.04. The standard InChI is InChI=1S/C12H17NOS/c1-9(2)11-5-3-10(4-6-11)7-14-8-12(13)15/h3-6,9H,7-8H2,1-2H3,(H2,13,15). The van der Waals surface area contributed by atoms with Crippen LogP contribution in [0.25, 0.3) is 0 Å². The molecule has 0 spiro atoms. The van der Waals surface area contributed by atoms with Crippen LogP contribution in [0.15, 0.2) is 24.3 Å². The Kier molecular flexibility index (Phi) is 4.72. The summed E-state index contributed by atoms with van der Waals surface area (Å²) < 4.78 is 5.32. The average Bonchev–Trinajstić information content (AvgIpc) is 2.18. The first-order chi connectivity index (χ1) is 7.09. The lowest BCUT2D eigenvalue weighted by atomic mass is 10.0. The van der Waals surface area contributed by atoms with Crippen LogP contribution < -0.4 is 5.73 Å². The Hall–Kier alpha value is -0.930. The number of hydrogen-bond acceptors (Lipinski definition) is 2. The molecule has 82 valence electrons. The number of ether oxygens (including phenoxy) is 1. The van der Waals surface area contributed by atoms with E-state index in [2.05, 4.69) is 38.1 Å². The molecule has 1 aromatic carbocycles. The topological polar surface area (TPSA) is 35.2 Å². The first-order valence-corrected chi connectivity index (χ1v) is 5.45. The summed E-state index contributed by atoms with van der Waals surface area (Å²) in [6.07, 6.45) is 0. The summed E-state index contributed by atoms with van der Waals surface area (Å²) in [7, 11) is 0. The van der Waals surface area contributed by atoms with Crippen LogP contribution in [0.2, 0.25) is 0 Å². The lowest BCUT2D eigenvalue weighted by molar-refractivity contribution is 0.158. The van der Waals surface area contributed by atoms with Crippen LogP contribution in [0.5, 0.6) is 0 Å². The van der Waals surface area contributed by atoms with Crippen molar-refractivity contribution >= 4 is 17.2 Å². The summed E-state index contributed by atoms with van der Waals surface area (Å²) >= 11 is 4.72. The summed E-state index contributed by atoms with van der Waals surface area (Å²) in [5.74, 6) is 0.566. The number of rotatable bonds is 5. The maximum Gasteiger partial charge on any atom is 0.0989 e. The van der Waals surface area contributed by atoms with Gasteiger partial charge in [-0.2, -0.15) is 0 Å². The van der Waals surface area contributed by atoms with Gasteiger partial charge in [-0.25, -0.2) is 0 Å². The van der Waals surface area contributed by atoms with Gasteiger partial charge >= 0.3 is 0 Å². The van der Waals surface area contributed by atoms with Gasteiger partial charge in [-0.1, -0.05) is 50.3 Å². The third kappa shape index (κ3) is 4.40. The van der Waals surface area contributed by atoms with E-state index < -0.39 is 0 Å².